The molecule has 0 saturated heterocycles. The van der Waals surface area contributed by atoms with Crippen LogP contribution in [0.5, 0.6) is 0 Å². The fourth-order valence-electron chi connectivity index (χ4n) is 3.42. The molecular weight excluding hydrogens is 302 g/mol. The zero-order chi connectivity index (χ0) is 16.4. The van der Waals surface area contributed by atoms with Crippen molar-refractivity contribution in [3.63, 3.8) is 0 Å². The Bertz CT molecular complexity index is 715. The second-order valence-electron chi connectivity index (χ2n) is 6.86. The Morgan fingerprint density at radius 3 is 2.62 bits per heavy atom. The average molecular weight is 325 g/mol. The molecule has 1 aromatic carbocycles. The molecule has 0 atom stereocenters. The summed E-state index contributed by atoms with van der Waals surface area (Å²) >= 11 is 0. The van der Waals surface area contributed by atoms with Gasteiger partial charge in [-0.25, -0.2) is 4.98 Å². The molecule has 2 aliphatic rings. The predicted octanol–water partition coefficient (Wildman–Crippen LogP) is 4.55. The lowest BCUT2D eigenvalue weighted by Gasteiger charge is -2.21. The second-order valence-corrected chi connectivity index (χ2v) is 6.86. The van der Waals surface area contributed by atoms with Gasteiger partial charge < -0.3 is 15.1 Å². The summed E-state index contributed by atoms with van der Waals surface area (Å²) in [6.45, 7) is 0. The Hall–Kier alpha value is -2.30. The van der Waals surface area contributed by atoms with Crippen molar-refractivity contribution in [2.45, 2.75) is 56.9 Å². The normalized spacial score (nSPS) is 18.3. The first-order chi connectivity index (χ1) is 11.8. The highest BCUT2D eigenvalue weighted by molar-refractivity contribution is 6.02. The molecule has 5 nitrogen and oxygen atoms in total. The fraction of sp³-hybridized carbons (Fsp3) is 0.474. The molecule has 2 fully saturated rings. The number of rotatable bonds is 5. The topological polar surface area (TPSA) is 67.2 Å². The van der Waals surface area contributed by atoms with Gasteiger partial charge in [-0.05, 0) is 43.9 Å². The van der Waals surface area contributed by atoms with Crippen LogP contribution in [0.1, 0.15) is 67.2 Å². The lowest BCUT2D eigenvalue weighted by atomic mass is 9.85. The molecule has 2 aromatic rings. The summed E-state index contributed by atoms with van der Waals surface area (Å²) < 4.78 is 5.46. The van der Waals surface area contributed by atoms with E-state index in [1.54, 1.807) is 0 Å². The third kappa shape index (κ3) is 3.30. The van der Waals surface area contributed by atoms with E-state index in [1.807, 2.05) is 24.3 Å². The van der Waals surface area contributed by atoms with Gasteiger partial charge in [0.2, 0.25) is 0 Å². The van der Waals surface area contributed by atoms with Crippen LogP contribution in [0.15, 0.2) is 34.9 Å². The maximum atomic E-state index is 12.4. The largest absolute Gasteiger partial charge is 0.448 e. The number of carbonyl (C=O) groups excluding carboxylic acids is 1. The summed E-state index contributed by atoms with van der Waals surface area (Å²) in [5, 5.41) is 6.45. The van der Waals surface area contributed by atoms with Crippen molar-refractivity contribution in [2.24, 2.45) is 0 Å². The van der Waals surface area contributed by atoms with Crippen molar-refractivity contribution >= 4 is 17.3 Å². The molecule has 24 heavy (non-hydrogen) atoms. The van der Waals surface area contributed by atoms with Crippen LogP contribution in [-0.2, 0) is 0 Å². The van der Waals surface area contributed by atoms with E-state index < -0.39 is 0 Å². The molecule has 2 N–H and O–H groups in total. The minimum absolute atomic E-state index is 0.220. The Kier molecular flexibility index (Phi) is 4.24. The van der Waals surface area contributed by atoms with E-state index in [-0.39, 0.29) is 5.91 Å². The van der Waals surface area contributed by atoms with E-state index in [9.17, 15) is 4.79 Å². The summed E-state index contributed by atoms with van der Waals surface area (Å²) in [4.78, 5) is 16.7. The first-order valence-corrected chi connectivity index (χ1v) is 8.91. The van der Waals surface area contributed by atoms with Crippen LogP contribution in [-0.4, -0.2) is 16.9 Å². The molecule has 0 unspecified atom stereocenters. The van der Waals surface area contributed by atoms with Crippen LogP contribution in [0.3, 0.4) is 0 Å². The number of hydrogen-bond donors (Lipinski definition) is 2. The minimum Gasteiger partial charge on any atom is -0.448 e. The Morgan fingerprint density at radius 2 is 1.88 bits per heavy atom. The van der Waals surface area contributed by atoms with Gasteiger partial charge in [-0.15, -0.1) is 0 Å². The molecule has 0 spiro atoms. The maximum absolute atomic E-state index is 12.4. The molecule has 2 aliphatic carbocycles. The lowest BCUT2D eigenvalue weighted by Crippen LogP contribution is -2.16. The van der Waals surface area contributed by atoms with Crippen LogP contribution in [0.2, 0.25) is 0 Å². The number of nitrogens with one attached hydrogen (secondary N) is 2. The van der Waals surface area contributed by atoms with E-state index in [2.05, 4.69) is 15.6 Å². The monoisotopic (exact) mass is 325 g/mol. The van der Waals surface area contributed by atoms with Gasteiger partial charge in [-0.1, -0.05) is 25.3 Å². The van der Waals surface area contributed by atoms with Gasteiger partial charge in [0, 0.05) is 23.3 Å². The smallest absolute Gasteiger partial charge is 0.277 e. The molecule has 5 heteroatoms. The highest BCUT2D eigenvalue weighted by Crippen LogP contribution is 2.35. The first-order valence-electron chi connectivity index (χ1n) is 8.91. The summed E-state index contributed by atoms with van der Waals surface area (Å²) in [6, 6.07) is 8.42. The molecule has 0 bridgehead atoms. The number of hydrogen-bond acceptors (Lipinski definition) is 4. The first kappa shape index (κ1) is 15.2. The molecular formula is C19H23N3O2. The fourth-order valence-corrected chi connectivity index (χ4v) is 3.42. The number of aromatic nitrogens is 1. The minimum atomic E-state index is -0.220. The quantitative estimate of drug-likeness (QED) is 0.846. The van der Waals surface area contributed by atoms with E-state index in [0.29, 0.717) is 23.5 Å². The summed E-state index contributed by atoms with van der Waals surface area (Å²) in [6.07, 6.45) is 9.93. The molecule has 0 radical (unpaired) electrons. The van der Waals surface area contributed by atoms with Crippen molar-refractivity contribution in [1.29, 1.82) is 0 Å². The highest BCUT2D eigenvalue weighted by Gasteiger charge is 2.25. The second kappa shape index (κ2) is 6.67. The summed E-state index contributed by atoms with van der Waals surface area (Å²) in [5.41, 5.74) is 2.18. The predicted molar refractivity (Wildman–Crippen MR) is 93.4 cm³/mol. The van der Waals surface area contributed by atoms with Crippen molar-refractivity contribution in [3.05, 3.63) is 42.1 Å². The van der Waals surface area contributed by atoms with Crippen molar-refractivity contribution in [3.8, 4) is 0 Å². The van der Waals surface area contributed by atoms with Gasteiger partial charge in [0.15, 0.2) is 11.6 Å². The zero-order valence-corrected chi connectivity index (χ0v) is 13.8. The van der Waals surface area contributed by atoms with Gasteiger partial charge in [0.1, 0.15) is 6.26 Å². The maximum Gasteiger partial charge on any atom is 0.277 e. The average Bonchev–Trinajstić information content (AvgIpc) is 3.18. The molecule has 4 rings (SSSR count). The Balaban J connectivity index is 1.40. The van der Waals surface area contributed by atoms with Crippen molar-refractivity contribution in [1.82, 2.24) is 4.98 Å². The zero-order valence-electron chi connectivity index (χ0n) is 13.8. The van der Waals surface area contributed by atoms with Crippen molar-refractivity contribution in [2.75, 3.05) is 10.6 Å². The van der Waals surface area contributed by atoms with Gasteiger partial charge in [-0.3, -0.25) is 4.79 Å². The number of carbonyl (C=O) groups is 1. The molecule has 0 aliphatic heterocycles. The Morgan fingerprint density at radius 1 is 1.08 bits per heavy atom. The number of benzene rings is 1. The van der Waals surface area contributed by atoms with E-state index in [4.69, 9.17) is 4.42 Å². The third-order valence-electron chi connectivity index (χ3n) is 5.06. The molecule has 126 valence electrons. The van der Waals surface area contributed by atoms with Crippen LogP contribution in [0.4, 0.5) is 11.4 Å². The van der Waals surface area contributed by atoms with E-state index >= 15 is 0 Å². The van der Waals surface area contributed by atoms with Crippen LogP contribution in [0, 0.1) is 0 Å². The molecule has 1 heterocycles. The molecule has 1 aromatic heterocycles. The van der Waals surface area contributed by atoms with Crippen LogP contribution < -0.4 is 10.6 Å². The summed E-state index contributed by atoms with van der Waals surface area (Å²) in [7, 11) is 0. The van der Waals surface area contributed by atoms with Gasteiger partial charge in [0.05, 0.1) is 0 Å². The van der Waals surface area contributed by atoms with Gasteiger partial charge in [-0.2, -0.15) is 0 Å². The summed E-state index contributed by atoms with van der Waals surface area (Å²) in [5.74, 6) is 0.871. The number of nitrogens with zero attached hydrogens (tertiary/aromatic N) is 1. The lowest BCUT2D eigenvalue weighted by molar-refractivity contribution is 0.102. The van der Waals surface area contributed by atoms with Gasteiger partial charge in [0.25, 0.3) is 5.91 Å². The van der Waals surface area contributed by atoms with Crippen LogP contribution in [0.25, 0.3) is 0 Å². The molecule has 1 amide bonds. The van der Waals surface area contributed by atoms with Gasteiger partial charge >= 0.3 is 0 Å². The van der Waals surface area contributed by atoms with Crippen molar-refractivity contribution < 1.29 is 9.21 Å². The Labute approximate surface area is 141 Å². The van der Waals surface area contributed by atoms with Crippen LogP contribution >= 0.6 is 0 Å². The van der Waals surface area contributed by atoms with E-state index in [1.165, 1.54) is 38.4 Å². The number of oxazole rings is 1. The highest BCUT2D eigenvalue weighted by atomic mass is 16.3. The SMILES string of the molecule is O=C(Nc1cccc(NC2CCCC2)c1)c1coc(C2CCC2)n1. The molecule has 2 saturated carbocycles. The number of amides is 1. The van der Waals surface area contributed by atoms with E-state index in [0.717, 1.165) is 24.2 Å². The standard InChI is InChI=1S/C19H23N3O2/c23-18(17-12-24-19(22-17)13-5-3-6-13)21-16-10-4-9-15(11-16)20-14-7-1-2-8-14/h4,9-14,20H,1-3,5-8H2,(H,21,23). The third-order valence-corrected chi connectivity index (χ3v) is 5.06. The number of anilines is 2.